The number of nitrogens with one attached hydrogen (secondary N) is 1. The van der Waals surface area contributed by atoms with Gasteiger partial charge in [-0.3, -0.25) is 9.63 Å². The quantitative estimate of drug-likeness (QED) is 0.674. The van der Waals surface area contributed by atoms with E-state index < -0.39 is 0 Å². The highest BCUT2D eigenvalue weighted by atomic mass is 32.2. The fourth-order valence-corrected chi connectivity index (χ4v) is 3.29. The molecule has 0 radical (unpaired) electrons. The zero-order valence-corrected chi connectivity index (χ0v) is 11.5. The molecule has 0 aliphatic heterocycles. The van der Waals surface area contributed by atoms with Gasteiger partial charge in [0.1, 0.15) is 0 Å². The molecule has 1 heterocycles. The standard InChI is InChI=1S/C13H13NO2S2/c1-16-14-13(15)11-6-2-3-7-12(11)18-9-10-5-4-8-17-10/h2-8H,9H2,1H3,(H,14,15). The highest BCUT2D eigenvalue weighted by Crippen LogP contribution is 2.27. The minimum absolute atomic E-state index is 0.216. The lowest BCUT2D eigenvalue weighted by molar-refractivity contribution is 0.0534. The Hall–Kier alpha value is -1.30. The van der Waals surface area contributed by atoms with Gasteiger partial charge in [-0.2, -0.15) is 0 Å². The van der Waals surface area contributed by atoms with E-state index in [1.807, 2.05) is 24.3 Å². The van der Waals surface area contributed by atoms with Gasteiger partial charge in [-0.05, 0) is 23.6 Å². The zero-order valence-electron chi connectivity index (χ0n) is 9.88. The Labute approximate surface area is 114 Å². The van der Waals surface area contributed by atoms with Gasteiger partial charge in [0, 0.05) is 15.5 Å². The Morgan fingerprint density at radius 3 is 2.89 bits per heavy atom. The summed E-state index contributed by atoms with van der Waals surface area (Å²) in [5, 5.41) is 2.05. The molecule has 2 rings (SSSR count). The second-order valence-electron chi connectivity index (χ2n) is 3.50. The van der Waals surface area contributed by atoms with E-state index in [1.54, 1.807) is 29.2 Å². The topological polar surface area (TPSA) is 38.3 Å². The fourth-order valence-electron chi connectivity index (χ4n) is 1.47. The van der Waals surface area contributed by atoms with Gasteiger partial charge in [-0.1, -0.05) is 18.2 Å². The Balaban J connectivity index is 2.09. The average molecular weight is 279 g/mol. The van der Waals surface area contributed by atoms with Crippen molar-refractivity contribution in [3.05, 3.63) is 52.2 Å². The van der Waals surface area contributed by atoms with Gasteiger partial charge in [0.15, 0.2) is 0 Å². The van der Waals surface area contributed by atoms with Crippen molar-refractivity contribution in [3.63, 3.8) is 0 Å². The molecule has 3 nitrogen and oxygen atoms in total. The van der Waals surface area contributed by atoms with Crippen molar-refractivity contribution in [3.8, 4) is 0 Å². The molecule has 1 aromatic carbocycles. The first kappa shape index (κ1) is 13.1. The van der Waals surface area contributed by atoms with Crippen molar-refractivity contribution < 1.29 is 9.63 Å². The molecule has 1 N–H and O–H groups in total. The highest BCUT2D eigenvalue weighted by molar-refractivity contribution is 7.98. The molecule has 0 aliphatic rings. The molecule has 0 bridgehead atoms. The van der Waals surface area contributed by atoms with Crippen LogP contribution in [0.5, 0.6) is 0 Å². The summed E-state index contributed by atoms with van der Waals surface area (Å²) in [5.74, 6) is 0.654. The van der Waals surface area contributed by atoms with E-state index >= 15 is 0 Å². The van der Waals surface area contributed by atoms with E-state index in [0.29, 0.717) is 5.56 Å². The van der Waals surface area contributed by atoms with E-state index in [9.17, 15) is 4.79 Å². The van der Waals surface area contributed by atoms with Crippen molar-refractivity contribution in [2.45, 2.75) is 10.6 Å². The average Bonchev–Trinajstić information content (AvgIpc) is 2.90. The van der Waals surface area contributed by atoms with Crippen LogP contribution in [0.2, 0.25) is 0 Å². The highest BCUT2D eigenvalue weighted by Gasteiger charge is 2.10. The number of rotatable bonds is 5. The summed E-state index contributed by atoms with van der Waals surface area (Å²) >= 11 is 3.37. The molecule has 1 aromatic heterocycles. The summed E-state index contributed by atoms with van der Waals surface area (Å²) in [5.41, 5.74) is 2.99. The first-order valence-electron chi connectivity index (χ1n) is 5.39. The zero-order chi connectivity index (χ0) is 12.8. The lowest BCUT2D eigenvalue weighted by Gasteiger charge is -2.07. The van der Waals surface area contributed by atoms with Crippen LogP contribution in [0.3, 0.4) is 0 Å². The second-order valence-corrected chi connectivity index (χ2v) is 5.55. The molecular weight excluding hydrogens is 266 g/mol. The first-order chi connectivity index (χ1) is 8.81. The number of hydrogen-bond acceptors (Lipinski definition) is 4. The van der Waals surface area contributed by atoms with Crippen LogP contribution in [0, 0.1) is 0 Å². The van der Waals surface area contributed by atoms with Crippen molar-refractivity contribution in [2.24, 2.45) is 0 Å². The maximum atomic E-state index is 11.8. The molecule has 0 saturated heterocycles. The predicted octanol–water partition coefficient (Wildman–Crippen LogP) is 3.33. The van der Waals surface area contributed by atoms with Crippen LogP contribution in [0.1, 0.15) is 15.2 Å². The largest absolute Gasteiger partial charge is 0.277 e. The Kier molecular flexibility index (Phi) is 4.81. The maximum Gasteiger partial charge on any atom is 0.275 e. The fraction of sp³-hybridized carbons (Fsp3) is 0.154. The van der Waals surface area contributed by atoms with Crippen LogP contribution in [-0.4, -0.2) is 13.0 Å². The third kappa shape index (κ3) is 3.35. The van der Waals surface area contributed by atoms with Crippen molar-refractivity contribution in [1.29, 1.82) is 0 Å². The molecule has 94 valence electrons. The van der Waals surface area contributed by atoms with Gasteiger partial charge in [0.05, 0.1) is 12.7 Å². The van der Waals surface area contributed by atoms with Gasteiger partial charge in [0.25, 0.3) is 5.91 Å². The number of thioether (sulfide) groups is 1. The van der Waals surface area contributed by atoms with Gasteiger partial charge in [-0.25, -0.2) is 5.48 Å². The monoisotopic (exact) mass is 279 g/mol. The predicted molar refractivity (Wildman–Crippen MR) is 74.8 cm³/mol. The van der Waals surface area contributed by atoms with Crippen molar-refractivity contribution in [2.75, 3.05) is 7.11 Å². The number of carbonyl (C=O) groups is 1. The van der Waals surface area contributed by atoms with Crippen LogP contribution in [-0.2, 0) is 10.6 Å². The normalized spacial score (nSPS) is 10.3. The number of carbonyl (C=O) groups excluding carboxylic acids is 1. The van der Waals surface area contributed by atoms with E-state index in [1.165, 1.54) is 12.0 Å². The van der Waals surface area contributed by atoms with E-state index in [-0.39, 0.29) is 5.91 Å². The number of hydroxylamine groups is 1. The second kappa shape index (κ2) is 6.58. The number of benzene rings is 1. The van der Waals surface area contributed by atoms with Crippen LogP contribution in [0.25, 0.3) is 0 Å². The van der Waals surface area contributed by atoms with Crippen LogP contribution in [0.15, 0.2) is 46.7 Å². The van der Waals surface area contributed by atoms with Crippen LogP contribution < -0.4 is 5.48 Å². The summed E-state index contributed by atoms with van der Waals surface area (Å²) in [6, 6.07) is 11.6. The van der Waals surface area contributed by atoms with Gasteiger partial charge in [0.2, 0.25) is 0 Å². The van der Waals surface area contributed by atoms with Crippen molar-refractivity contribution >= 4 is 29.0 Å². The lowest BCUT2D eigenvalue weighted by Crippen LogP contribution is -2.22. The molecule has 0 aliphatic carbocycles. The van der Waals surface area contributed by atoms with Crippen LogP contribution >= 0.6 is 23.1 Å². The molecular formula is C13H13NO2S2. The Morgan fingerprint density at radius 2 is 2.17 bits per heavy atom. The third-order valence-corrected chi connectivity index (χ3v) is 4.46. The molecule has 0 saturated carbocycles. The maximum absolute atomic E-state index is 11.8. The van der Waals surface area contributed by atoms with Gasteiger partial charge in [-0.15, -0.1) is 23.1 Å². The summed E-state index contributed by atoms with van der Waals surface area (Å²) in [6.45, 7) is 0. The first-order valence-corrected chi connectivity index (χ1v) is 7.25. The summed E-state index contributed by atoms with van der Waals surface area (Å²) in [6.07, 6.45) is 0. The Bertz CT molecular complexity index is 511. The Morgan fingerprint density at radius 1 is 1.33 bits per heavy atom. The van der Waals surface area contributed by atoms with Crippen molar-refractivity contribution in [1.82, 2.24) is 5.48 Å². The van der Waals surface area contributed by atoms with Gasteiger partial charge >= 0.3 is 0 Å². The minimum atomic E-state index is -0.216. The van der Waals surface area contributed by atoms with Crippen LogP contribution in [0.4, 0.5) is 0 Å². The number of thiophene rings is 1. The number of amides is 1. The summed E-state index contributed by atoms with van der Waals surface area (Å²) < 4.78 is 0. The van der Waals surface area contributed by atoms with E-state index in [4.69, 9.17) is 0 Å². The minimum Gasteiger partial charge on any atom is -0.277 e. The molecule has 18 heavy (non-hydrogen) atoms. The smallest absolute Gasteiger partial charge is 0.275 e. The molecule has 5 heteroatoms. The summed E-state index contributed by atoms with van der Waals surface area (Å²) in [7, 11) is 1.43. The summed E-state index contributed by atoms with van der Waals surface area (Å²) in [4.78, 5) is 18.7. The van der Waals surface area contributed by atoms with Gasteiger partial charge < -0.3 is 0 Å². The van der Waals surface area contributed by atoms with E-state index in [2.05, 4.69) is 21.8 Å². The molecule has 0 atom stereocenters. The SMILES string of the molecule is CONC(=O)c1ccccc1SCc1cccs1. The van der Waals surface area contributed by atoms with E-state index in [0.717, 1.165) is 10.6 Å². The third-order valence-electron chi connectivity index (χ3n) is 2.28. The number of hydrogen-bond donors (Lipinski definition) is 1. The molecule has 0 fully saturated rings. The lowest BCUT2D eigenvalue weighted by atomic mass is 10.2. The molecule has 1 amide bonds. The molecule has 0 spiro atoms. The molecule has 0 unspecified atom stereocenters. The molecule has 2 aromatic rings.